The van der Waals surface area contributed by atoms with Crippen LogP contribution < -0.4 is 9.47 Å². The molecule has 0 N–H and O–H groups in total. The average molecular weight is 1470 g/mol. The number of hydrogen-bond acceptors (Lipinski definition) is 21. The van der Waals surface area contributed by atoms with Gasteiger partial charge < -0.3 is 56.8 Å². The lowest BCUT2D eigenvalue weighted by molar-refractivity contribution is -0.351. The zero-order valence-electron chi connectivity index (χ0n) is 59.0. The van der Waals surface area contributed by atoms with Gasteiger partial charge >= 0.3 is 44.1 Å². The molecule has 2 aliphatic heterocycles. The molecule has 11 atom stereocenters. The number of rotatable bonds is 35. The summed E-state index contributed by atoms with van der Waals surface area (Å²) < 4.78 is 106. The van der Waals surface area contributed by atoms with Crippen LogP contribution in [0.25, 0.3) is 0 Å². The normalized spacial score (nSPS) is 19.9. The summed E-state index contributed by atoms with van der Waals surface area (Å²) >= 11 is 0. The summed E-state index contributed by atoms with van der Waals surface area (Å²) in [5.41, 5.74) is 0.184. The standard InChI is InChI=1S/C85H82O21P/c1-4-5-6-7-8-9-10-32-55-97-107(92)106-84-76(104-82(91)63-43-28-16-29-44-63)74(102-80(89)61-39-24-14-25-40-61)72(69(99-84)56-95-77(86)58-33-18-11-19-34-58)105-83-75(103-81(90)62-41-26-15-27-42-62)73(101-79(88)60-37-22-13-23-38-60)71(100-78(87)59-35-20-12-21-36-59)70(98-83)57-96-85(64-45-30-17-31-46-64,65-47-51-67(93-2)52-48-65)66-49-53-68(94-3)54-50-66/h4,11-31,33-54,69-76,83-84H,1,5-10,32,55-57H2,2-3H3/q+1/t69-,70-,71+,72-,73+,74+,75-,76+,83+,84-/m1/s1. The fourth-order valence-electron chi connectivity index (χ4n) is 12.5. The van der Waals surface area contributed by atoms with E-state index in [4.69, 9.17) is 65.9 Å². The molecule has 0 radical (unpaired) electrons. The highest BCUT2D eigenvalue weighted by Gasteiger charge is 2.60. The topological polar surface area (TPSA) is 249 Å². The molecule has 21 nitrogen and oxygen atoms in total. The Labute approximate surface area is 621 Å². The third-order valence-corrected chi connectivity index (χ3v) is 18.7. The molecule has 0 spiro atoms. The highest BCUT2D eigenvalue weighted by molar-refractivity contribution is 7.33. The smallest absolute Gasteiger partial charge is 0.497 e. The zero-order valence-corrected chi connectivity index (χ0v) is 59.9. The number of benzene rings is 9. The van der Waals surface area contributed by atoms with Crippen LogP contribution in [0, 0.1) is 0 Å². The zero-order chi connectivity index (χ0) is 74.7. The van der Waals surface area contributed by atoms with Crippen molar-refractivity contribution >= 4 is 44.1 Å². The van der Waals surface area contributed by atoms with Gasteiger partial charge in [-0.3, -0.25) is 0 Å². The number of hydrogen-bond donors (Lipinski definition) is 0. The van der Waals surface area contributed by atoms with Crippen LogP contribution in [0.15, 0.2) is 274 Å². The Morgan fingerprint density at radius 1 is 0.383 bits per heavy atom. The van der Waals surface area contributed by atoms with Crippen LogP contribution in [-0.2, 0) is 66.6 Å². The van der Waals surface area contributed by atoms with Crippen molar-refractivity contribution in [1.29, 1.82) is 0 Å². The summed E-state index contributed by atoms with van der Waals surface area (Å²) in [4.78, 5) is 89.7. The molecule has 0 amide bonds. The summed E-state index contributed by atoms with van der Waals surface area (Å²) in [6.07, 6.45) is -11.6. The number of ether oxygens (including phenoxy) is 12. The van der Waals surface area contributed by atoms with E-state index in [1.807, 2.05) is 60.7 Å². The molecule has 22 heteroatoms. The lowest BCUT2D eigenvalue weighted by Gasteiger charge is -2.48. The van der Waals surface area contributed by atoms with Crippen LogP contribution in [0.3, 0.4) is 0 Å². The van der Waals surface area contributed by atoms with E-state index in [2.05, 4.69) is 6.58 Å². The van der Waals surface area contributed by atoms with Gasteiger partial charge in [0.25, 0.3) is 6.29 Å². The van der Waals surface area contributed by atoms with E-state index in [1.165, 1.54) is 87.0 Å². The van der Waals surface area contributed by atoms with Crippen molar-refractivity contribution in [1.82, 2.24) is 0 Å². The van der Waals surface area contributed by atoms with Gasteiger partial charge in [-0.05, 0) is 133 Å². The van der Waals surface area contributed by atoms with Crippen molar-refractivity contribution < 1.29 is 99.2 Å². The van der Waals surface area contributed by atoms with Crippen molar-refractivity contribution in [2.45, 2.75) is 112 Å². The van der Waals surface area contributed by atoms with Crippen LogP contribution in [-0.4, -0.2) is 131 Å². The minimum atomic E-state index is -3.18. The van der Waals surface area contributed by atoms with Crippen LogP contribution in [0.2, 0.25) is 0 Å². The predicted molar refractivity (Wildman–Crippen MR) is 393 cm³/mol. The molecule has 0 saturated carbocycles. The van der Waals surface area contributed by atoms with Crippen LogP contribution >= 0.6 is 8.25 Å². The summed E-state index contributed by atoms with van der Waals surface area (Å²) in [5.74, 6) is -4.87. The third-order valence-electron chi connectivity index (χ3n) is 18.0. The summed E-state index contributed by atoms with van der Waals surface area (Å²) in [6, 6.07) is 70.7. The molecule has 0 aromatic heterocycles. The molecule has 2 fully saturated rings. The molecule has 9 aromatic rings. The molecule has 2 heterocycles. The average Bonchev–Trinajstić information content (AvgIpc) is 0.752. The molecule has 2 aliphatic rings. The maximum absolute atomic E-state index is 15.2. The van der Waals surface area contributed by atoms with E-state index < -0.39 is 124 Å². The summed E-state index contributed by atoms with van der Waals surface area (Å²) in [5, 5.41) is 0. The number of carbonyl (C=O) groups excluding carboxylic acids is 6. The van der Waals surface area contributed by atoms with Crippen molar-refractivity contribution in [3.05, 3.63) is 324 Å². The summed E-state index contributed by atoms with van der Waals surface area (Å²) in [6.45, 7) is 2.34. The lowest BCUT2D eigenvalue weighted by atomic mass is 9.80. The van der Waals surface area contributed by atoms with Crippen molar-refractivity contribution in [2.75, 3.05) is 34.0 Å². The predicted octanol–water partition coefficient (Wildman–Crippen LogP) is 15.4. The molecule has 2 saturated heterocycles. The molecule has 9 aromatic carbocycles. The number of unbranched alkanes of at least 4 members (excludes halogenated alkanes) is 6. The number of allylic oxidation sites excluding steroid dienone is 1. The Balaban J connectivity index is 1.10. The van der Waals surface area contributed by atoms with Crippen LogP contribution in [0.5, 0.6) is 11.5 Å². The van der Waals surface area contributed by atoms with E-state index in [-0.39, 0.29) is 40.0 Å². The Hall–Kier alpha value is -11.0. The van der Waals surface area contributed by atoms with Gasteiger partial charge in [-0.25, -0.2) is 28.8 Å². The van der Waals surface area contributed by atoms with Gasteiger partial charge in [0.15, 0.2) is 36.8 Å². The van der Waals surface area contributed by atoms with Gasteiger partial charge in [0.2, 0.25) is 0 Å². The monoisotopic (exact) mass is 1470 g/mol. The van der Waals surface area contributed by atoms with Crippen molar-refractivity contribution in [2.24, 2.45) is 0 Å². The first-order valence-electron chi connectivity index (χ1n) is 35.2. The first kappa shape index (κ1) is 77.1. The van der Waals surface area contributed by atoms with Gasteiger partial charge in [0.05, 0.1) is 54.2 Å². The second kappa shape index (κ2) is 38.8. The minimum absolute atomic E-state index is 0.00210. The van der Waals surface area contributed by atoms with E-state index in [9.17, 15) is 14.2 Å². The van der Waals surface area contributed by atoms with E-state index in [0.29, 0.717) is 34.6 Å². The fourth-order valence-corrected chi connectivity index (χ4v) is 13.2. The van der Waals surface area contributed by atoms with Gasteiger partial charge in [0.1, 0.15) is 48.6 Å². The highest BCUT2D eigenvalue weighted by Crippen LogP contribution is 2.45. The number of methoxy groups -OCH3 is 2. The van der Waals surface area contributed by atoms with Gasteiger partial charge in [0, 0.05) is 4.57 Å². The fraction of sp³-hybridized carbons (Fsp3) is 0.271. The molecule has 1 unspecified atom stereocenters. The van der Waals surface area contributed by atoms with Gasteiger partial charge in [-0.15, -0.1) is 11.1 Å². The Morgan fingerprint density at radius 3 is 1.14 bits per heavy atom. The Morgan fingerprint density at radius 2 is 0.720 bits per heavy atom. The van der Waals surface area contributed by atoms with Crippen molar-refractivity contribution in [3.8, 4) is 11.5 Å². The first-order chi connectivity index (χ1) is 52.3. The molecule has 552 valence electrons. The maximum atomic E-state index is 15.2. The highest BCUT2D eigenvalue weighted by atomic mass is 31.1. The number of esters is 6. The first-order valence-corrected chi connectivity index (χ1v) is 36.3. The second-order valence-electron chi connectivity index (χ2n) is 25.0. The summed E-state index contributed by atoms with van der Waals surface area (Å²) in [7, 11) is -0.104. The minimum Gasteiger partial charge on any atom is -0.497 e. The van der Waals surface area contributed by atoms with Crippen LogP contribution in [0.4, 0.5) is 0 Å². The number of carbonyl (C=O) groups is 6. The van der Waals surface area contributed by atoms with Gasteiger partial charge in [-0.1, -0.05) is 200 Å². The third kappa shape index (κ3) is 20.3. The quantitative estimate of drug-likeness (QED) is 0.00894. The second-order valence-corrected chi connectivity index (χ2v) is 25.9. The van der Waals surface area contributed by atoms with Gasteiger partial charge in [-0.2, -0.15) is 0 Å². The molecular weight excluding hydrogens is 1390 g/mol. The molecular formula is C85H82O21P+. The van der Waals surface area contributed by atoms with Crippen molar-refractivity contribution in [3.63, 3.8) is 0 Å². The Bertz CT molecular complexity index is 4290. The lowest BCUT2D eigenvalue weighted by Crippen LogP contribution is -2.67. The SMILES string of the molecule is C=CCCCCCCCCO[P+](=O)O[C@H]1O[C@H](COC(=O)c2ccccc2)[C@@H](O[C@@H]2O[C@H](COC(c3ccccc3)(c3ccc(OC)cc3)c3ccc(OC)cc3)[C@H](OC(=O)c3ccccc3)[C@H](OC(=O)c3ccccc3)[C@H]2OC(=O)c2ccccc2)[C@H](OC(=O)c2ccccc2)[C@@H]1OC(=O)c1ccccc1. The Kier molecular flexibility index (Phi) is 28.0. The molecule has 107 heavy (non-hydrogen) atoms. The van der Waals surface area contributed by atoms with E-state index in [0.717, 1.165) is 38.5 Å². The molecule has 0 bridgehead atoms. The van der Waals surface area contributed by atoms with E-state index in [1.54, 1.807) is 133 Å². The van der Waals surface area contributed by atoms with E-state index >= 15 is 19.2 Å². The maximum Gasteiger partial charge on any atom is 0.700 e. The molecule has 0 aliphatic carbocycles. The largest absolute Gasteiger partial charge is 0.700 e. The molecule has 11 rings (SSSR count). The van der Waals surface area contributed by atoms with Crippen LogP contribution in [0.1, 0.15) is 124 Å².